The SMILES string of the molecule is Cc1ccc2[nH]c(O)c(N=NC(=O)c3ccc(Cl)cc3)c2c1Br. The van der Waals surface area contributed by atoms with Crippen molar-refractivity contribution in [2.24, 2.45) is 10.2 Å². The van der Waals surface area contributed by atoms with Crippen molar-refractivity contribution in [2.45, 2.75) is 6.92 Å². The molecule has 2 N–H and O–H groups in total. The molecule has 5 nitrogen and oxygen atoms in total. The van der Waals surface area contributed by atoms with Crippen LogP contribution in [-0.2, 0) is 0 Å². The monoisotopic (exact) mass is 391 g/mol. The molecule has 0 aliphatic carbocycles. The van der Waals surface area contributed by atoms with E-state index >= 15 is 0 Å². The number of carbonyl (C=O) groups is 1. The normalized spacial score (nSPS) is 11.4. The summed E-state index contributed by atoms with van der Waals surface area (Å²) in [6.07, 6.45) is 0. The van der Waals surface area contributed by atoms with Crippen LogP contribution in [0.1, 0.15) is 15.9 Å². The van der Waals surface area contributed by atoms with Gasteiger partial charge in [-0.25, -0.2) is 0 Å². The molecular formula is C16H11BrClN3O2. The van der Waals surface area contributed by atoms with E-state index in [2.05, 4.69) is 31.1 Å². The highest BCUT2D eigenvalue weighted by molar-refractivity contribution is 9.10. The van der Waals surface area contributed by atoms with Crippen molar-refractivity contribution in [3.8, 4) is 5.88 Å². The smallest absolute Gasteiger partial charge is 0.295 e. The molecule has 0 aliphatic heterocycles. The number of rotatable bonds is 2. The highest BCUT2D eigenvalue weighted by Gasteiger charge is 2.15. The number of halogens is 2. The van der Waals surface area contributed by atoms with E-state index in [0.29, 0.717) is 21.5 Å². The van der Waals surface area contributed by atoms with Crippen molar-refractivity contribution in [1.29, 1.82) is 0 Å². The average Bonchev–Trinajstić information content (AvgIpc) is 2.85. The Morgan fingerprint density at radius 1 is 1.22 bits per heavy atom. The van der Waals surface area contributed by atoms with Crippen LogP contribution >= 0.6 is 27.5 Å². The lowest BCUT2D eigenvalue weighted by atomic mass is 10.1. The van der Waals surface area contributed by atoms with E-state index in [1.54, 1.807) is 24.3 Å². The van der Waals surface area contributed by atoms with E-state index in [1.807, 2.05) is 19.1 Å². The molecule has 1 aromatic heterocycles. The molecule has 0 atom stereocenters. The van der Waals surface area contributed by atoms with Crippen LogP contribution < -0.4 is 0 Å². The molecule has 0 unspecified atom stereocenters. The van der Waals surface area contributed by atoms with E-state index < -0.39 is 5.91 Å². The Morgan fingerprint density at radius 2 is 1.91 bits per heavy atom. The molecular weight excluding hydrogens is 382 g/mol. The molecule has 1 heterocycles. The molecule has 1 amide bonds. The summed E-state index contributed by atoms with van der Waals surface area (Å²) >= 11 is 9.26. The van der Waals surface area contributed by atoms with Gasteiger partial charge in [-0.15, -0.1) is 10.2 Å². The van der Waals surface area contributed by atoms with Crippen LogP contribution in [0, 0.1) is 6.92 Å². The fourth-order valence-electron chi connectivity index (χ4n) is 2.16. The maximum Gasteiger partial charge on any atom is 0.295 e. The Balaban J connectivity index is 2.01. The van der Waals surface area contributed by atoms with Gasteiger partial charge in [0.25, 0.3) is 5.91 Å². The Hall–Kier alpha value is -2.18. The Morgan fingerprint density at radius 3 is 2.61 bits per heavy atom. The van der Waals surface area contributed by atoms with Gasteiger partial charge in [-0.3, -0.25) is 4.79 Å². The summed E-state index contributed by atoms with van der Waals surface area (Å²) in [6, 6.07) is 10.1. The molecule has 0 saturated carbocycles. The molecule has 0 saturated heterocycles. The van der Waals surface area contributed by atoms with Gasteiger partial charge in [-0.1, -0.05) is 17.7 Å². The number of carbonyl (C=O) groups excluding carboxylic acids is 1. The summed E-state index contributed by atoms with van der Waals surface area (Å²) < 4.78 is 0.791. The molecule has 116 valence electrons. The van der Waals surface area contributed by atoms with E-state index in [-0.39, 0.29) is 11.6 Å². The van der Waals surface area contributed by atoms with Crippen LogP contribution in [0.2, 0.25) is 5.02 Å². The Bertz CT molecular complexity index is 933. The fraction of sp³-hybridized carbons (Fsp3) is 0.0625. The summed E-state index contributed by atoms with van der Waals surface area (Å²) in [4.78, 5) is 14.9. The van der Waals surface area contributed by atoms with Gasteiger partial charge in [-0.05, 0) is 58.7 Å². The average molecular weight is 393 g/mol. The first-order valence-electron chi connectivity index (χ1n) is 6.68. The molecule has 0 fully saturated rings. The van der Waals surface area contributed by atoms with Crippen LogP contribution in [0.25, 0.3) is 10.9 Å². The highest BCUT2D eigenvalue weighted by Crippen LogP contribution is 2.41. The van der Waals surface area contributed by atoms with Crippen molar-refractivity contribution < 1.29 is 9.90 Å². The molecule has 3 rings (SSSR count). The van der Waals surface area contributed by atoms with Crippen LogP contribution in [-0.4, -0.2) is 16.0 Å². The molecule has 0 bridgehead atoms. The first-order chi connectivity index (χ1) is 11.0. The number of aromatic hydroxyl groups is 1. The molecule has 0 spiro atoms. The lowest BCUT2D eigenvalue weighted by molar-refractivity contribution is 0.0995. The third-order valence-corrected chi connectivity index (χ3v) is 4.66. The zero-order chi connectivity index (χ0) is 16.6. The number of azo groups is 1. The summed E-state index contributed by atoms with van der Waals surface area (Å²) in [5, 5.41) is 18.8. The lowest BCUT2D eigenvalue weighted by Gasteiger charge is -2.00. The van der Waals surface area contributed by atoms with Crippen molar-refractivity contribution in [2.75, 3.05) is 0 Å². The number of nitrogens with zero attached hydrogens (tertiary/aromatic N) is 2. The minimum absolute atomic E-state index is 0.140. The summed E-state index contributed by atoms with van der Waals surface area (Å²) in [6.45, 7) is 1.92. The molecule has 0 aliphatic rings. The number of aryl methyl sites for hydroxylation is 1. The van der Waals surface area contributed by atoms with E-state index in [4.69, 9.17) is 11.6 Å². The summed E-state index contributed by atoms with van der Waals surface area (Å²) in [7, 11) is 0. The number of fused-ring (bicyclic) bond motifs is 1. The van der Waals surface area contributed by atoms with Crippen molar-refractivity contribution in [3.63, 3.8) is 0 Å². The minimum atomic E-state index is -0.515. The number of H-pyrrole nitrogens is 1. The zero-order valence-electron chi connectivity index (χ0n) is 12.0. The molecule has 7 heteroatoms. The zero-order valence-corrected chi connectivity index (χ0v) is 14.3. The fourth-order valence-corrected chi connectivity index (χ4v) is 2.82. The van der Waals surface area contributed by atoms with E-state index in [9.17, 15) is 9.90 Å². The van der Waals surface area contributed by atoms with Gasteiger partial charge >= 0.3 is 0 Å². The van der Waals surface area contributed by atoms with Gasteiger partial charge in [0.05, 0.1) is 5.52 Å². The van der Waals surface area contributed by atoms with E-state index in [0.717, 1.165) is 10.0 Å². The van der Waals surface area contributed by atoms with Gasteiger partial charge < -0.3 is 10.1 Å². The lowest BCUT2D eigenvalue weighted by Crippen LogP contribution is -1.92. The first kappa shape index (κ1) is 15.7. The second kappa shape index (κ2) is 6.14. The number of aromatic nitrogens is 1. The Kier molecular flexibility index (Phi) is 4.19. The first-order valence-corrected chi connectivity index (χ1v) is 7.86. The quantitative estimate of drug-likeness (QED) is 0.563. The third-order valence-electron chi connectivity index (χ3n) is 3.38. The topological polar surface area (TPSA) is 77.8 Å². The van der Waals surface area contributed by atoms with Crippen LogP contribution in [0.5, 0.6) is 5.88 Å². The molecule has 2 aromatic carbocycles. The van der Waals surface area contributed by atoms with Gasteiger partial charge in [0.15, 0.2) is 5.69 Å². The summed E-state index contributed by atoms with van der Waals surface area (Å²) in [5.41, 5.74) is 2.27. The van der Waals surface area contributed by atoms with Crippen LogP contribution in [0.4, 0.5) is 5.69 Å². The van der Waals surface area contributed by atoms with Crippen molar-refractivity contribution in [3.05, 3.63) is 57.0 Å². The largest absolute Gasteiger partial charge is 0.493 e. The standard InChI is InChI=1S/C16H11BrClN3O2/c1-8-2-7-11-12(13(8)17)14(16(23)19-11)20-21-15(22)9-3-5-10(18)6-4-9/h2-7,19,23H,1H3. The molecule has 0 radical (unpaired) electrons. The van der Waals surface area contributed by atoms with Crippen molar-refractivity contribution in [1.82, 2.24) is 4.98 Å². The number of amides is 1. The maximum absolute atomic E-state index is 12.0. The number of hydrogen-bond acceptors (Lipinski definition) is 3. The number of nitrogens with one attached hydrogen (secondary N) is 1. The highest BCUT2D eigenvalue weighted by atomic mass is 79.9. The minimum Gasteiger partial charge on any atom is -0.493 e. The Labute approximate surface area is 145 Å². The van der Waals surface area contributed by atoms with Gasteiger partial charge in [-0.2, -0.15) is 0 Å². The summed E-state index contributed by atoms with van der Waals surface area (Å²) in [5.74, 6) is -0.654. The third kappa shape index (κ3) is 3.00. The predicted octanol–water partition coefficient (Wildman–Crippen LogP) is 5.52. The van der Waals surface area contributed by atoms with Gasteiger partial charge in [0, 0.05) is 20.4 Å². The predicted molar refractivity (Wildman–Crippen MR) is 92.7 cm³/mol. The number of benzene rings is 2. The second-order valence-electron chi connectivity index (χ2n) is 4.95. The van der Waals surface area contributed by atoms with Gasteiger partial charge in [0.2, 0.25) is 5.88 Å². The number of hydrogen-bond donors (Lipinski definition) is 2. The van der Waals surface area contributed by atoms with Crippen LogP contribution in [0.3, 0.4) is 0 Å². The molecule has 3 aromatic rings. The van der Waals surface area contributed by atoms with Gasteiger partial charge in [0.1, 0.15) is 0 Å². The van der Waals surface area contributed by atoms with Crippen molar-refractivity contribution >= 4 is 50.0 Å². The second-order valence-corrected chi connectivity index (χ2v) is 6.18. The maximum atomic E-state index is 12.0. The number of aromatic amines is 1. The van der Waals surface area contributed by atoms with Crippen LogP contribution in [0.15, 0.2) is 51.1 Å². The molecule has 23 heavy (non-hydrogen) atoms. The van der Waals surface area contributed by atoms with E-state index in [1.165, 1.54) is 0 Å².